The Morgan fingerprint density at radius 3 is 2.61 bits per heavy atom. The zero-order valence-corrected chi connectivity index (χ0v) is 14.9. The summed E-state index contributed by atoms with van der Waals surface area (Å²) in [5.74, 6) is 0.369. The number of rotatable bonds is 6. The van der Waals surface area contributed by atoms with Gasteiger partial charge in [-0.3, -0.25) is 4.79 Å². The van der Waals surface area contributed by atoms with E-state index in [9.17, 15) is 4.79 Å². The van der Waals surface area contributed by atoms with Gasteiger partial charge in [-0.2, -0.15) is 0 Å². The lowest BCUT2D eigenvalue weighted by atomic mass is 9.54. The Morgan fingerprint density at radius 1 is 1.39 bits per heavy atom. The van der Waals surface area contributed by atoms with Gasteiger partial charge in [0.2, 0.25) is 5.91 Å². The van der Waals surface area contributed by atoms with E-state index in [-0.39, 0.29) is 12.0 Å². The summed E-state index contributed by atoms with van der Waals surface area (Å²) in [5, 5.41) is 3.31. The molecule has 23 heavy (non-hydrogen) atoms. The van der Waals surface area contributed by atoms with Crippen LogP contribution in [0.3, 0.4) is 0 Å². The molecule has 2 rings (SSSR count). The van der Waals surface area contributed by atoms with Crippen molar-refractivity contribution in [2.45, 2.75) is 45.8 Å². The van der Waals surface area contributed by atoms with E-state index in [1.54, 1.807) is 18.2 Å². The molecule has 2 atom stereocenters. The fourth-order valence-corrected chi connectivity index (χ4v) is 3.15. The highest BCUT2D eigenvalue weighted by Gasteiger charge is 2.62. The van der Waals surface area contributed by atoms with Gasteiger partial charge in [-0.15, -0.1) is 0 Å². The lowest BCUT2D eigenvalue weighted by molar-refractivity contribution is -0.166. The van der Waals surface area contributed by atoms with Crippen LogP contribution in [0.15, 0.2) is 18.2 Å². The Kier molecular flexibility index (Phi) is 5.23. The van der Waals surface area contributed by atoms with Gasteiger partial charge in [-0.1, -0.05) is 25.4 Å². The quantitative estimate of drug-likeness (QED) is 0.834. The molecule has 1 fully saturated rings. The van der Waals surface area contributed by atoms with Crippen LogP contribution in [-0.2, 0) is 9.53 Å². The van der Waals surface area contributed by atoms with Crippen LogP contribution in [0.5, 0.6) is 5.75 Å². The summed E-state index contributed by atoms with van der Waals surface area (Å²) in [6.45, 7) is 8.89. The van der Waals surface area contributed by atoms with Gasteiger partial charge in [-0.25, -0.2) is 0 Å². The second kappa shape index (κ2) is 6.67. The number of amides is 1. The third kappa shape index (κ3) is 3.18. The van der Waals surface area contributed by atoms with Crippen molar-refractivity contribution in [3.8, 4) is 5.75 Å². The molecule has 2 unspecified atom stereocenters. The topological polar surface area (TPSA) is 73.6 Å². The molecule has 0 aromatic heterocycles. The SMILES string of the molecule is CCOc1ccc(NC(=O)C2(N)CC(OCC)C2(C)C)cc1Cl. The van der Waals surface area contributed by atoms with E-state index in [2.05, 4.69) is 5.32 Å². The number of halogens is 1. The van der Waals surface area contributed by atoms with Gasteiger partial charge in [0.15, 0.2) is 0 Å². The number of nitrogens with one attached hydrogen (secondary N) is 1. The Bertz CT molecular complexity index is 591. The smallest absolute Gasteiger partial charge is 0.245 e. The first-order valence-corrected chi connectivity index (χ1v) is 8.28. The Morgan fingerprint density at radius 2 is 2.09 bits per heavy atom. The van der Waals surface area contributed by atoms with Crippen molar-refractivity contribution < 1.29 is 14.3 Å². The van der Waals surface area contributed by atoms with Crippen molar-refractivity contribution in [2.75, 3.05) is 18.5 Å². The summed E-state index contributed by atoms with van der Waals surface area (Å²) in [6.07, 6.45) is 0.497. The maximum absolute atomic E-state index is 12.6. The second-order valence-corrected chi connectivity index (χ2v) is 6.78. The number of hydrogen-bond donors (Lipinski definition) is 2. The summed E-state index contributed by atoms with van der Waals surface area (Å²) in [4.78, 5) is 12.6. The van der Waals surface area contributed by atoms with E-state index >= 15 is 0 Å². The molecule has 1 saturated carbocycles. The van der Waals surface area contributed by atoms with Gasteiger partial charge in [0, 0.05) is 24.1 Å². The number of benzene rings is 1. The van der Waals surface area contributed by atoms with Crippen molar-refractivity contribution in [1.29, 1.82) is 0 Å². The minimum Gasteiger partial charge on any atom is -0.492 e. The normalized spacial score (nSPS) is 25.6. The number of carbonyl (C=O) groups is 1. The van der Waals surface area contributed by atoms with Crippen LogP contribution in [-0.4, -0.2) is 30.8 Å². The fourth-order valence-electron chi connectivity index (χ4n) is 2.91. The van der Waals surface area contributed by atoms with Gasteiger partial charge in [0.1, 0.15) is 11.3 Å². The fraction of sp³-hybridized carbons (Fsp3) is 0.588. The predicted octanol–water partition coefficient (Wildman–Crippen LogP) is 3.21. The van der Waals surface area contributed by atoms with Crippen molar-refractivity contribution in [3.63, 3.8) is 0 Å². The highest BCUT2D eigenvalue weighted by molar-refractivity contribution is 6.32. The van der Waals surface area contributed by atoms with E-state index in [0.29, 0.717) is 36.1 Å². The first-order chi connectivity index (χ1) is 10.8. The van der Waals surface area contributed by atoms with Crippen LogP contribution in [0.1, 0.15) is 34.1 Å². The van der Waals surface area contributed by atoms with Gasteiger partial charge in [0.25, 0.3) is 0 Å². The number of carbonyl (C=O) groups excluding carboxylic acids is 1. The second-order valence-electron chi connectivity index (χ2n) is 6.37. The third-order valence-corrected chi connectivity index (χ3v) is 5.02. The minimum absolute atomic E-state index is 0.00725. The monoisotopic (exact) mass is 340 g/mol. The van der Waals surface area contributed by atoms with Crippen molar-refractivity contribution >= 4 is 23.2 Å². The summed E-state index contributed by atoms with van der Waals surface area (Å²) < 4.78 is 11.0. The highest BCUT2D eigenvalue weighted by Crippen LogP contribution is 2.50. The van der Waals surface area contributed by atoms with Crippen LogP contribution in [0.25, 0.3) is 0 Å². The van der Waals surface area contributed by atoms with Crippen molar-refractivity contribution in [2.24, 2.45) is 11.1 Å². The van der Waals surface area contributed by atoms with Crippen LogP contribution < -0.4 is 15.8 Å². The van der Waals surface area contributed by atoms with Crippen LogP contribution in [0.2, 0.25) is 5.02 Å². The largest absolute Gasteiger partial charge is 0.492 e. The summed E-state index contributed by atoms with van der Waals surface area (Å²) in [5.41, 5.74) is 5.57. The van der Waals surface area contributed by atoms with E-state index in [1.807, 2.05) is 27.7 Å². The van der Waals surface area contributed by atoms with Gasteiger partial charge in [0.05, 0.1) is 17.7 Å². The van der Waals surface area contributed by atoms with Crippen LogP contribution in [0, 0.1) is 5.41 Å². The Hall–Kier alpha value is -1.30. The van der Waals surface area contributed by atoms with Gasteiger partial charge < -0.3 is 20.5 Å². The summed E-state index contributed by atoms with van der Waals surface area (Å²) in [6, 6.07) is 5.16. The minimum atomic E-state index is -0.960. The molecule has 0 aliphatic heterocycles. The number of nitrogens with two attached hydrogens (primary N) is 1. The zero-order chi connectivity index (χ0) is 17.3. The standard InChI is InChI=1S/C17H25ClN2O3/c1-5-22-13-8-7-11(9-12(13)18)20-15(21)17(19)10-14(23-6-2)16(17,3)4/h7-9,14H,5-6,10,19H2,1-4H3,(H,20,21). The maximum Gasteiger partial charge on any atom is 0.245 e. The lowest BCUT2D eigenvalue weighted by Gasteiger charge is -2.57. The molecule has 0 heterocycles. The predicted molar refractivity (Wildman–Crippen MR) is 92.0 cm³/mol. The molecule has 0 bridgehead atoms. The molecule has 1 aliphatic rings. The molecule has 128 valence electrons. The Labute approximate surface area is 142 Å². The first-order valence-electron chi connectivity index (χ1n) is 7.90. The highest BCUT2D eigenvalue weighted by atomic mass is 35.5. The summed E-state index contributed by atoms with van der Waals surface area (Å²) in [7, 11) is 0. The van der Waals surface area contributed by atoms with Crippen molar-refractivity contribution in [3.05, 3.63) is 23.2 Å². The molecular weight excluding hydrogens is 316 g/mol. The molecule has 1 aliphatic carbocycles. The van der Waals surface area contributed by atoms with E-state index in [4.69, 9.17) is 26.8 Å². The molecule has 5 nitrogen and oxygen atoms in total. The van der Waals surface area contributed by atoms with E-state index in [1.165, 1.54) is 0 Å². The molecule has 1 amide bonds. The average Bonchev–Trinajstić information content (AvgIpc) is 2.49. The Balaban J connectivity index is 2.09. The molecule has 0 radical (unpaired) electrons. The van der Waals surface area contributed by atoms with Crippen LogP contribution in [0.4, 0.5) is 5.69 Å². The molecule has 0 saturated heterocycles. The third-order valence-electron chi connectivity index (χ3n) is 4.72. The van der Waals surface area contributed by atoms with Gasteiger partial charge in [-0.05, 0) is 32.0 Å². The molecule has 1 aromatic rings. The average molecular weight is 341 g/mol. The molecule has 0 spiro atoms. The van der Waals surface area contributed by atoms with E-state index in [0.717, 1.165) is 0 Å². The zero-order valence-electron chi connectivity index (χ0n) is 14.1. The molecular formula is C17H25ClN2O3. The molecule has 1 aromatic carbocycles. The molecule has 6 heteroatoms. The number of ether oxygens (including phenoxy) is 2. The van der Waals surface area contributed by atoms with Gasteiger partial charge >= 0.3 is 0 Å². The number of anilines is 1. The van der Waals surface area contributed by atoms with Crippen LogP contribution >= 0.6 is 11.6 Å². The molecule has 3 N–H and O–H groups in total. The lowest BCUT2D eigenvalue weighted by Crippen LogP contribution is -2.74. The first kappa shape index (κ1) is 18.0. The van der Waals surface area contributed by atoms with Crippen molar-refractivity contribution in [1.82, 2.24) is 0 Å². The maximum atomic E-state index is 12.6. The summed E-state index contributed by atoms with van der Waals surface area (Å²) >= 11 is 6.15. The number of hydrogen-bond acceptors (Lipinski definition) is 4. The van der Waals surface area contributed by atoms with E-state index < -0.39 is 11.0 Å².